The molecule has 0 aromatic rings. The van der Waals surface area contributed by atoms with Crippen molar-refractivity contribution in [3.05, 3.63) is 0 Å². The fourth-order valence-electron chi connectivity index (χ4n) is 4.43. The first-order chi connectivity index (χ1) is 5.09. The Balaban J connectivity index is 1.74. The van der Waals surface area contributed by atoms with E-state index in [0.717, 1.165) is 29.3 Å². The Kier molecular flexibility index (Phi) is 0.519. The van der Waals surface area contributed by atoms with E-state index in [0.29, 0.717) is 5.54 Å². The van der Waals surface area contributed by atoms with Crippen molar-refractivity contribution in [3.63, 3.8) is 0 Å². The molecular weight excluding hydrogens is 134 g/mol. The number of piperidine rings is 2. The molecule has 5 atom stereocenters. The zero-order valence-electron chi connectivity index (χ0n) is 7.46. The van der Waals surface area contributed by atoms with Crippen molar-refractivity contribution < 1.29 is 0 Å². The van der Waals surface area contributed by atoms with Crippen LogP contribution in [0.4, 0.5) is 0 Å². The van der Waals surface area contributed by atoms with Crippen LogP contribution in [-0.4, -0.2) is 22.5 Å². The summed E-state index contributed by atoms with van der Waals surface area (Å²) in [7, 11) is 0. The van der Waals surface area contributed by atoms with Gasteiger partial charge >= 0.3 is 0 Å². The Morgan fingerprint density at radius 1 is 1.18 bits per heavy atom. The van der Waals surface area contributed by atoms with Gasteiger partial charge in [-0.2, -0.15) is 0 Å². The molecule has 3 aliphatic carbocycles. The summed E-state index contributed by atoms with van der Waals surface area (Å²) in [5.74, 6) is 2.33. The molecule has 1 unspecified atom stereocenters. The molecule has 0 aromatic carbocycles. The largest absolute Gasteiger partial charge is 0.291 e. The molecule has 60 valence electrons. The van der Waals surface area contributed by atoms with E-state index in [1.54, 1.807) is 6.42 Å². The summed E-state index contributed by atoms with van der Waals surface area (Å²) in [5.41, 5.74) is 1.43. The van der Waals surface area contributed by atoms with Crippen LogP contribution in [0.1, 0.15) is 27.2 Å². The predicted octanol–water partition coefficient (Wildman–Crippen LogP) is 1.49. The molecule has 1 saturated heterocycles. The van der Waals surface area contributed by atoms with E-state index in [-0.39, 0.29) is 0 Å². The highest BCUT2D eigenvalue weighted by atomic mass is 15.5. The number of likely N-dealkylation sites (tertiary alicyclic amines) is 1. The summed E-state index contributed by atoms with van der Waals surface area (Å²) in [6.07, 6.45) is 1.59. The van der Waals surface area contributed by atoms with Crippen LogP contribution in [0.15, 0.2) is 0 Å². The standard InChI is InChI=1S/C10H15N/c1-9(2,3)11-7-5-4-6-8(11)10(5,6)7/h5-8H,4H2,1-3H3/t5-,6+,7+,8-,10?. The molecule has 0 radical (unpaired) electrons. The molecule has 4 aliphatic rings. The second-order valence-electron chi connectivity index (χ2n) is 5.92. The van der Waals surface area contributed by atoms with Crippen LogP contribution in [-0.2, 0) is 0 Å². The van der Waals surface area contributed by atoms with Gasteiger partial charge in [0.2, 0.25) is 0 Å². The number of fused-ring (bicyclic) bond motifs is 2. The lowest BCUT2D eigenvalue weighted by atomic mass is 10.0. The van der Waals surface area contributed by atoms with Gasteiger partial charge in [0, 0.05) is 23.0 Å². The minimum absolute atomic E-state index is 0.461. The lowest BCUT2D eigenvalue weighted by Gasteiger charge is -2.42. The molecule has 0 N–H and O–H groups in total. The smallest absolute Gasteiger partial charge is 0.0217 e. The van der Waals surface area contributed by atoms with Crippen LogP contribution in [0.25, 0.3) is 0 Å². The van der Waals surface area contributed by atoms with E-state index in [1.165, 1.54) is 0 Å². The van der Waals surface area contributed by atoms with Crippen molar-refractivity contribution in [3.8, 4) is 0 Å². The highest BCUT2D eigenvalue weighted by Gasteiger charge is 3.02. The molecule has 1 aliphatic heterocycles. The maximum Gasteiger partial charge on any atom is 0.0217 e. The Morgan fingerprint density at radius 2 is 1.73 bits per heavy atom. The summed E-state index contributed by atoms with van der Waals surface area (Å²) in [5, 5.41) is 0. The second kappa shape index (κ2) is 1.02. The van der Waals surface area contributed by atoms with Crippen molar-refractivity contribution >= 4 is 0 Å². The number of hydrogen-bond acceptors (Lipinski definition) is 1. The van der Waals surface area contributed by atoms with Crippen molar-refractivity contribution in [1.82, 2.24) is 4.90 Å². The molecule has 4 rings (SSSR count). The molecule has 3 saturated carbocycles. The van der Waals surface area contributed by atoms with Gasteiger partial charge in [0.05, 0.1) is 0 Å². The quantitative estimate of drug-likeness (QED) is 0.504. The van der Waals surface area contributed by atoms with E-state index < -0.39 is 0 Å². The Bertz CT molecular complexity index is 243. The first-order valence-corrected chi connectivity index (χ1v) is 4.88. The molecule has 0 bridgehead atoms. The lowest BCUT2D eigenvalue weighted by Crippen LogP contribution is -2.52. The third kappa shape index (κ3) is 0.299. The van der Waals surface area contributed by atoms with Crippen molar-refractivity contribution in [2.75, 3.05) is 0 Å². The molecule has 4 fully saturated rings. The van der Waals surface area contributed by atoms with Crippen molar-refractivity contribution in [2.45, 2.75) is 44.8 Å². The SMILES string of the molecule is CC(C)(C)N1[C@H]2[C@H]3C[C@H]4[C@@H]1C324. The highest BCUT2D eigenvalue weighted by molar-refractivity contribution is 5.53. The Morgan fingerprint density at radius 3 is 1.91 bits per heavy atom. The average Bonchev–Trinajstić information content (AvgIpc) is 2.39. The Labute approximate surface area is 67.8 Å². The fourth-order valence-corrected chi connectivity index (χ4v) is 4.43. The minimum Gasteiger partial charge on any atom is -0.291 e. The molecule has 0 aromatic heterocycles. The molecule has 1 heterocycles. The first-order valence-electron chi connectivity index (χ1n) is 4.88. The number of nitrogens with zero attached hydrogens (tertiary/aromatic N) is 1. The third-order valence-corrected chi connectivity index (χ3v) is 4.73. The summed E-state index contributed by atoms with van der Waals surface area (Å²) in [4.78, 5) is 2.78. The van der Waals surface area contributed by atoms with E-state index in [2.05, 4.69) is 25.7 Å². The molecule has 11 heavy (non-hydrogen) atoms. The van der Waals surface area contributed by atoms with Gasteiger partial charge in [-0.1, -0.05) is 0 Å². The monoisotopic (exact) mass is 149 g/mol. The van der Waals surface area contributed by atoms with Gasteiger partial charge in [-0.05, 0) is 39.0 Å². The van der Waals surface area contributed by atoms with Crippen LogP contribution in [0.5, 0.6) is 0 Å². The zero-order chi connectivity index (χ0) is 7.59. The van der Waals surface area contributed by atoms with Crippen molar-refractivity contribution in [1.29, 1.82) is 0 Å². The van der Waals surface area contributed by atoms with Gasteiger partial charge < -0.3 is 0 Å². The summed E-state index contributed by atoms with van der Waals surface area (Å²) in [6.45, 7) is 7.10. The van der Waals surface area contributed by atoms with Gasteiger partial charge in [-0.25, -0.2) is 0 Å². The van der Waals surface area contributed by atoms with Gasteiger partial charge in [0.15, 0.2) is 0 Å². The Hall–Kier alpha value is -0.0400. The molecule has 1 nitrogen and oxygen atoms in total. The summed E-state index contributed by atoms with van der Waals surface area (Å²) < 4.78 is 0. The maximum atomic E-state index is 2.78. The van der Waals surface area contributed by atoms with E-state index in [1.807, 2.05) is 0 Å². The molecule has 0 amide bonds. The van der Waals surface area contributed by atoms with Gasteiger partial charge in [-0.3, -0.25) is 4.90 Å². The summed E-state index contributed by atoms with van der Waals surface area (Å²) >= 11 is 0. The van der Waals surface area contributed by atoms with Crippen molar-refractivity contribution in [2.24, 2.45) is 17.3 Å². The van der Waals surface area contributed by atoms with Crippen LogP contribution in [0.3, 0.4) is 0 Å². The van der Waals surface area contributed by atoms with Crippen LogP contribution < -0.4 is 0 Å². The highest BCUT2D eigenvalue weighted by Crippen LogP contribution is 2.97. The predicted molar refractivity (Wildman–Crippen MR) is 43.2 cm³/mol. The van der Waals surface area contributed by atoms with Crippen LogP contribution >= 0.6 is 0 Å². The zero-order valence-corrected chi connectivity index (χ0v) is 7.46. The average molecular weight is 149 g/mol. The van der Waals surface area contributed by atoms with E-state index >= 15 is 0 Å². The van der Waals surface area contributed by atoms with E-state index in [4.69, 9.17) is 0 Å². The number of rotatable bonds is 0. The van der Waals surface area contributed by atoms with E-state index in [9.17, 15) is 0 Å². The van der Waals surface area contributed by atoms with Gasteiger partial charge in [-0.15, -0.1) is 0 Å². The van der Waals surface area contributed by atoms with Gasteiger partial charge in [0.1, 0.15) is 0 Å². The number of hydrogen-bond donors (Lipinski definition) is 0. The first kappa shape index (κ1) is 5.58. The molecule has 1 spiro atoms. The van der Waals surface area contributed by atoms with Crippen LogP contribution in [0, 0.1) is 17.3 Å². The summed E-state index contributed by atoms with van der Waals surface area (Å²) in [6, 6.07) is 2.11. The lowest BCUT2D eigenvalue weighted by molar-refractivity contribution is 0.0497. The third-order valence-electron chi connectivity index (χ3n) is 4.73. The van der Waals surface area contributed by atoms with Crippen LogP contribution in [0.2, 0.25) is 0 Å². The normalized spacial score (nSPS) is 69.0. The fraction of sp³-hybridized carbons (Fsp3) is 1.00. The molecule has 1 heteroatoms. The molecular formula is C10H15N. The minimum atomic E-state index is 0.461. The second-order valence-corrected chi connectivity index (χ2v) is 5.92. The maximum absolute atomic E-state index is 2.78. The van der Waals surface area contributed by atoms with Gasteiger partial charge in [0.25, 0.3) is 0 Å². The topological polar surface area (TPSA) is 3.24 Å².